The molecule has 0 aliphatic carbocycles. The number of aromatic nitrogens is 2. The van der Waals surface area contributed by atoms with Gasteiger partial charge in [0, 0.05) is 32.9 Å². The SMILES string of the molecule is CN1Cc2ccc(CN(C)C(=O)c3cn[nH]c3)cc2C1. The molecule has 5 nitrogen and oxygen atoms in total. The summed E-state index contributed by atoms with van der Waals surface area (Å²) in [6.45, 7) is 2.61. The van der Waals surface area contributed by atoms with E-state index in [0.29, 0.717) is 12.1 Å². The number of fused-ring (bicyclic) bond motifs is 1. The molecule has 0 atom stereocenters. The predicted octanol–water partition coefficient (Wildman–Crippen LogP) is 1.63. The first-order valence-electron chi connectivity index (χ1n) is 6.67. The third kappa shape index (κ3) is 2.44. The molecule has 2 aromatic rings. The average Bonchev–Trinajstić information content (AvgIpc) is 3.05. The summed E-state index contributed by atoms with van der Waals surface area (Å²) in [5.41, 5.74) is 4.51. The van der Waals surface area contributed by atoms with Crippen molar-refractivity contribution < 1.29 is 4.79 Å². The third-order valence-corrected chi connectivity index (χ3v) is 3.66. The van der Waals surface area contributed by atoms with Gasteiger partial charge in [-0.25, -0.2) is 0 Å². The van der Waals surface area contributed by atoms with Crippen molar-refractivity contribution >= 4 is 5.91 Å². The number of carbonyl (C=O) groups is 1. The maximum Gasteiger partial charge on any atom is 0.257 e. The van der Waals surface area contributed by atoms with E-state index in [1.54, 1.807) is 17.3 Å². The van der Waals surface area contributed by atoms with Gasteiger partial charge in [0.05, 0.1) is 11.8 Å². The van der Waals surface area contributed by atoms with Crippen LogP contribution in [0.15, 0.2) is 30.6 Å². The Morgan fingerprint density at radius 2 is 2.20 bits per heavy atom. The lowest BCUT2D eigenvalue weighted by molar-refractivity contribution is 0.0785. The fourth-order valence-electron chi connectivity index (χ4n) is 2.65. The molecule has 0 bridgehead atoms. The number of H-pyrrole nitrogens is 1. The third-order valence-electron chi connectivity index (χ3n) is 3.66. The van der Waals surface area contributed by atoms with Gasteiger partial charge in [-0.3, -0.25) is 14.8 Å². The van der Waals surface area contributed by atoms with Gasteiger partial charge in [0.2, 0.25) is 0 Å². The summed E-state index contributed by atoms with van der Waals surface area (Å²) in [5.74, 6) is -0.0173. The molecule has 1 aliphatic heterocycles. The van der Waals surface area contributed by atoms with Crippen LogP contribution >= 0.6 is 0 Å². The Morgan fingerprint density at radius 1 is 1.40 bits per heavy atom. The minimum absolute atomic E-state index is 0.0173. The van der Waals surface area contributed by atoms with E-state index in [1.165, 1.54) is 16.7 Å². The van der Waals surface area contributed by atoms with E-state index in [1.807, 2.05) is 7.05 Å². The monoisotopic (exact) mass is 270 g/mol. The first-order valence-corrected chi connectivity index (χ1v) is 6.67. The van der Waals surface area contributed by atoms with Crippen molar-refractivity contribution in [1.82, 2.24) is 20.0 Å². The molecule has 1 N–H and O–H groups in total. The zero-order valence-corrected chi connectivity index (χ0v) is 11.8. The number of nitrogens with one attached hydrogen (secondary N) is 1. The smallest absolute Gasteiger partial charge is 0.257 e. The number of hydrogen-bond donors (Lipinski definition) is 1. The lowest BCUT2D eigenvalue weighted by Crippen LogP contribution is -2.25. The van der Waals surface area contributed by atoms with Crippen LogP contribution in [0.1, 0.15) is 27.0 Å². The van der Waals surface area contributed by atoms with Crippen molar-refractivity contribution in [2.45, 2.75) is 19.6 Å². The Kier molecular flexibility index (Phi) is 3.28. The quantitative estimate of drug-likeness (QED) is 0.922. The fraction of sp³-hybridized carbons (Fsp3) is 0.333. The van der Waals surface area contributed by atoms with Crippen molar-refractivity contribution in [3.05, 3.63) is 52.8 Å². The second-order valence-corrected chi connectivity index (χ2v) is 5.42. The fourth-order valence-corrected chi connectivity index (χ4v) is 2.65. The predicted molar refractivity (Wildman–Crippen MR) is 76.0 cm³/mol. The first-order chi connectivity index (χ1) is 9.63. The van der Waals surface area contributed by atoms with Crippen LogP contribution in [0, 0.1) is 0 Å². The molecule has 1 aliphatic rings. The molecular weight excluding hydrogens is 252 g/mol. The van der Waals surface area contributed by atoms with Crippen molar-refractivity contribution in [3.63, 3.8) is 0 Å². The molecule has 1 aromatic carbocycles. The largest absolute Gasteiger partial charge is 0.337 e. The number of carbonyl (C=O) groups excluding carboxylic acids is 1. The Balaban J connectivity index is 1.72. The maximum absolute atomic E-state index is 12.2. The minimum atomic E-state index is -0.0173. The summed E-state index contributed by atoms with van der Waals surface area (Å²) >= 11 is 0. The highest BCUT2D eigenvalue weighted by molar-refractivity contribution is 5.93. The van der Waals surface area contributed by atoms with Gasteiger partial charge in [-0.15, -0.1) is 0 Å². The minimum Gasteiger partial charge on any atom is -0.337 e. The highest BCUT2D eigenvalue weighted by Crippen LogP contribution is 2.23. The van der Waals surface area contributed by atoms with E-state index >= 15 is 0 Å². The van der Waals surface area contributed by atoms with Gasteiger partial charge in [-0.1, -0.05) is 18.2 Å². The average molecular weight is 270 g/mol. The van der Waals surface area contributed by atoms with E-state index in [0.717, 1.165) is 13.1 Å². The van der Waals surface area contributed by atoms with Gasteiger partial charge >= 0.3 is 0 Å². The van der Waals surface area contributed by atoms with E-state index in [4.69, 9.17) is 0 Å². The summed E-state index contributed by atoms with van der Waals surface area (Å²) in [6, 6.07) is 6.49. The second-order valence-electron chi connectivity index (χ2n) is 5.42. The highest BCUT2D eigenvalue weighted by Gasteiger charge is 2.17. The number of hydrogen-bond acceptors (Lipinski definition) is 3. The highest BCUT2D eigenvalue weighted by atomic mass is 16.2. The van der Waals surface area contributed by atoms with Crippen LogP contribution in [0.4, 0.5) is 0 Å². The molecule has 20 heavy (non-hydrogen) atoms. The molecule has 1 amide bonds. The first kappa shape index (κ1) is 12.9. The number of nitrogens with zero attached hydrogens (tertiary/aromatic N) is 3. The van der Waals surface area contributed by atoms with Gasteiger partial charge in [0.15, 0.2) is 0 Å². The van der Waals surface area contributed by atoms with E-state index in [9.17, 15) is 4.79 Å². The lowest BCUT2D eigenvalue weighted by atomic mass is 10.1. The Bertz CT molecular complexity index is 621. The standard InChI is InChI=1S/C15H18N4O/c1-18-9-12-4-3-11(5-13(12)10-18)8-19(2)15(20)14-6-16-17-7-14/h3-7H,8-10H2,1-2H3,(H,16,17). The normalized spacial score (nSPS) is 14.3. The molecular formula is C15H18N4O. The van der Waals surface area contributed by atoms with Crippen LogP contribution in [0.5, 0.6) is 0 Å². The summed E-state index contributed by atoms with van der Waals surface area (Å²) in [6.07, 6.45) is 3.17. The van der Waals surface area contributed by atoms with Crippen LogP contribution in [0.3, 0.4) is 0 Å². The molecule has 0 radical (unpaired) electrons. The van der Waals surface area contributed by atoms with E-state index in [-0.39, 0.29) is 5.91 Å². The van der Waals surface area contributed by atoms with Crippen molar-refractivity contribution in [2.75, 3.05) is 14.1 Å². The summed E-state index contributed by atoms with van der Waals surface area (Å²) < 4.78 is 0. The number of amides is 1. The van der Waals surface area contributed by atoms with Gasteiger partial charge < -0.3 is 4.90 Å². The number of aromatic amines is 1. The van der Waals surface area contributed by atoms with Gasteiger partial charge in [0.25, 0.3) is 5.91 Å². The number of benzene rings is 1. The van der Waals surface area contributed by atoms with Crippen LogP contribution in [-0.4, -0.2) is 40.0 Å². The van der Waals surface area contributed by atoms with E-state index < -0.39 is 0 Å². The summed E-state index contributed by atoms with van der Waals surface area (Å²) in [4.78, 5) is 16.2. The van der Waals surface area contributed by atoms with Crippen molar-refractivity contribution in [1.29, 1.82) is 0 Å². The molecule has 3 rings (SSSR count). The molecule has 0 saturated heterocycles. The Labute approximate surface area is 118 Å². The van der Waals surface area contributed by atoms with Crippen LogP contribution in [0.2, 0.25) is 0 Å². The van der Waals surface area contributed by atoms with Gasteiger partial charge in [-0.2, -0.15) is 5.10 Å². The summed E-state index contributed by atoms with van der Waals surface area (Å²) in [5, 5.41) is 6.48. The number of rotatable bonds is 3. The molecule has 104 valence electrons. The lowest BCUT2D eigenvalue weighted by Gasteiger charge is -2.16. The molecule has 0 spiro atoms. The van der Waals surface area contributed by atoms with Crippen LogP contribution in [0.25, 0.3) is 0 Å². The Morgan fingerprint density at radius 3 is 2.95 bits per heavy atom. The van der Waals surface area contributed by atoms with Gasteiger partial charge in [0.1, 0.15) is 0 Å². The molecule has 0 unspecified atom stereocenters. The maximum atomic E-state index is 12.2. The molecule has 5 heteroatoms. The molecule has 0 fully saturated rings. The molecule has 1 aromatic heterocycles. The summed E-state index contributed by atoms with van der Waals surface area (Å²) in [7, 11) is 3.93. The Hall–Kier alpha value is -2.14. The van der Waals surface area contributed by atoms with Crippen LogP contribution in [-0.2, 0) is 19.6 Å². The van der Waals surface area contributed by atoms with Gasteiger partial charge in [-0.05, 0) is 23.7 Å². The van der Waals surface area contributed by atoms with Crippen molar-refractivity contribution in [2.24, 2.45) is 0 Å². The van der Waals surface area contributed by atoms with Crippen LogP contribution < -0.4 is 0 Å². The second kappa shape index (κ2) is 5.09. The zero-order chi connectivity index (χ0) is 14.1. The molecule has 2 heterocycles. The topological polar surface area (TPSA) is 52.2 Å². The van der Waals surface area contributed by atoms with Crippen molar-refractivity contribution in [3.8, 4) is 0 Å². The van der Waals surface area contributed by atoms with E-state index in [2.05, 4.69) is 40.3 Å². The molecule has 0 saturated carbocycles. The zero-order valence-electron chi connectivity index (χ0n) is 11.8.